The fraction of sp³-hybridized carbons (Fsp3) is 0.333. The van der Waals surface area contributed by atoms with Crippen LogP contribution in [0.2, 0.25) is 0 Å². The Labute approximate surface area is 131 Å². The van der Waals surface area contributed by atoms with Gasteiger partial charge in [-0.05, 0) is 51.6 Å². The van der Waals surface area contributed by atoms with Crippen molar-refractivity contribution in [2.45, 2.75) is 32.9 Å². The van der Waals surface area contributed by atoms with Gasteiger partial charge in [-0.1, -0.05) is 18.2 Å². The second-order valence-corrected chi connectivity index (χ2v) is 5.50. The van der Waals surface area contributed by atoms with Crippen LogP contribution in [0.4, 0.5) is 0 Å². The lowest BCUT2D eigenvalue weighted by molar-refractivity contribution is -0.119. The number of nitrogens with zero attached hydrogens (tertiary/aromatic N) is 1. The van der Waals surface area contributed by atoms with E-state index in [0.717, 1.165) is 22.6 Å². The predicted molar refractivity (Wildman–Crippen MR) is 87.9 cm³/mol. The van der Waals surface area contributed by atoms with Crippen LogP contribution in [0.15, 0.2) is 42.6 Å². The monoisotopic (exact) mass is 298 g/mol. The topological polar surface area (TPSA) is 51.2 Å². The summed E-state index contributed by atoms with van der Waals surface area (Å²) in [4.78, 5) is 16.0. The van der Waals surface area contributed by atoms with Crippen molar-refractivity contribution >= 4 is 5.78 Å². The fourth-order valence-corrected chi connectivity index (χ4v) is 2.35. The third-order valence-electron chi connectivity index (χ3n) is 3.32. The van der Waals surface area contributed by atoms with E-state index < -0.39 is 0 Å². The van der Waals surface area contributed by atoms with E-state index in [-0.39, 0.29) is 17.9 Å². The Morgan fingerprint density at radius 2 is 2.00 bits per heavy atom. The zero-order chi connectivity index (χ0) is 16.1. The molecular formula is C18H22N2O2. The first-order chi connectivity index (χ1) is 10.5. The molecule has 0 aliphatic rings. The molecule has 0 aliphatic heterocycles. The van der Waals surface area contributed by atoms with Gasteiger partial charge in [0, 0.05) is 11.8 Å². The number of carbonyl (C=O) groups is 1. The van der Waals surface area contributed by atoms with E-state index in [4.69, 9.17) is 4.74 Å². The molecule has 2 aromatic rings. The number of likely N-dealkylation sites (N-methyl/N-ethyl adjacent to an activating group) is 1. The van der Waals surface area contributed by atoms with Crippen molar-refractivity contribution in [3.63, 3.8) is 0 Å². The molecule has 0 saturated carbocycles. The largest absolute Gasteiger partial charge is 0.491 e. The number of aromatic nitrogens is 1. The third kappa shape index (κ3) is 3.92. The Bertz CT molecular complexity index is 636. The van der Waals surface area contributed by atoms with E-state index in [2.05, 4.69) is 10.3 Å². The summed E-state index contributed by atoms with van der Waals surface area (Å²) in [5.41, 5.74) is 2.72. The van der Waals surface area contributed by atoms with Gasteiger partial charge in [0.05, 0.1) is 17.8 Å². The highest BCUT2D eigenvalue weighted by Gasteiger charge is 2.14. The van der Waals surface area contributed by atoms with E-state index in [1.807, 2.05) is 50.2 Å². The van der Waals surface area contributed by atoms with E-state index in [9.17, 15) is 4.79 Å². The molecule has 0 spiro atoms. The average molecular weight is 298 g/mol. The van der Waals surface area contributed by atoms with Crippen LogP contribution in [-0.2, 0) is 4.79 Å². The maximum Gasteiger partial charge on any atom is 0.151 e. The van der Waals surface area contributed by atoms with E-state index >= 15 is 0 Å². The lowest BCUT2D eigenvalue weighted by Gasteiger charge is -2.13. The van der Waals surface area contributed by atoms with Crippen molar-refractivity contribution in [1.82, 2.24) is 10.3 Å². The molecule has 2 rings (SSSR count). The highest BCUT2D eigenvalue weighted by molar-refractivity contribution is 5.82. The first kappa shape index (κ1) is 16.2. The number of ketones is 1. The van der Waals surface area contributed by atoms with Crippen molar-refractivity contribution in [3.05, 3.63) is 48.2 Å². The number of carbonyl (C=O) groups excluding carboxylic acids is 1. The van der Waals surface area contributed by atoms with Crippen LogP contribution >= 0.6 is 0 Å². The molecule has 1 N–H and O–H groups in total. The summed E-state index contributed by atoms with van der Waals surface area (Å²) in [6, 6.07) is 11.4. The molecule has 22 heavy (non-hydrogen) atoms. The Balaban J connectivity index is 2.25. The minimum absolute atomic E-state index is 0.0735. The van der Waals surface area contributed by atoms with Crippen molar-refractivity contribution < 1.29 is 9.53 Å². The minimum atomic E-state index is -0.308. The lowest BCUT2D eigenvalue weighted by atomic mass is 10.0. The molecular weight excluding hydrogens is 276 g/mol. The first-order valence-electron chi connectivity index (χ1n) is 7.42. The van der Waals surface area contributed by atoms with Gasteiger partial charge in [-0.2, -0.15) is 0 Å². The van der Waals surface area contributed by atoms with Gasteiger partial charge in [0.1, 0.15) is 5.75 Å². The van der Waals surface area contributed by atoms with Crippen molar-refractivity contribution in [2.75, 3.05) is 7.05 Å². The van der Waals surface area contributed by atoms with Gasteiger partial charge in [-0.3, -0.25) is 9.78 Å². The molecule has 4 nitrogen and oxygen atoms in total. The number of pyridine rings is 1. The maximum absolute atomic E-state index is 11.6. The Hall–Kier alpha value is -2.20. The summed E-state index contributed by atoms with van der Waals surface area (Å²) < 4.78 is 5.70. The van der Waals surface area contributed by atoms with Gasteiger partial charge in [0.25, 0.3) is 0 Å². The van der Waals surface area contributed by atoms with Gasteiger partial charge in [0.2, 0.25) is 0 Å². The number of hydrogen-bond donors (Lipinski definition) is 1. The summed E-state index contributed by atoms with van der Waals surface area (Å²) in [7, 11) is 1.77. The van der Waals surface area contributed by atoms with Crippen LogP contribution in [0.5, 0.6) is 5.75 Å². The maximum atomic E-state index is 11.6. The standard InChI is InChI=1S/C18H22N2O2/c1-12(2)22-16-7-5-6-14(10-16)17-9-8-15(11-20-17)18(19-4)13(3)21/h5-12,18-19H,1-4H3. The Kier molecular flexibility index (Phi) is 5.28. The number of rotatable bonds is 6. The van der Waals surface area contributed by atoms with E-state index in [1.165, 1.54) is 0 Å². The zero-order valence-electron chi connectivity index (χ0n) is 13.5. The third-order valence-corrected chi connectivity index (χ3v) is 3.32. The molecule has 0 saturated heterocycles. The summed E-state index contributed by atoms with van der Waals surface area (Å²) >= 11 is 0. The molecule has 1 unspecified atom stereocenters. The summed E-state index contributed by atoms with van der Waals surface area (Å²) in [6.45, 7) is 5.57. The Morgan fingerprint density at radius 1 is 1.23 bits per heavy atom. The number of hydrogen-bond acceptors (Lipinski definition) is 4. The second kappa shape index (κ2) is 7.18. The molecule has 116 valence electrons. The second-order valence-electron chi connectivity index (χ2n) is 5.50. The number of ether oxygens (including phenoxy) is 1. The molecule has 0 fully saturated rings. The van der Waals surface area contributed by atoms with Crippen LogP contribution in [-0.4, -0.2) is 23.9 Å². The highest BCUT2D eigenvalue weighted by Crippen LogP contribution is 2.24. The van der Waals surface area contributed by atoms with Crippen LogP contribution < -0.4 is 10.1 Å². The summed E-state index contributed by atoms with van der Waals surface area (Å²) in [5, 5.41) is 3.00. The van der Waals surface area contributed by atoms with Crippen LogP contribution in [0.25, 0.3) is 11.3 Å². The van der Waals surface area contributed by atoms with Gasteiger partial charge < -0.3 is 10.1 Å². The first-order valence-corrected chi connectivity index (χ1v) is 7.42. The molecule has 0 aliphatic carbocycles. The van der Waals surface area contributed by atoms with Gasteiger partial charge in [0.15, 0.2) is 5.78 Å². The van der Waals surface area contributed by atoms with Crippen LogP contribution in [0.1, 0.15) is 32.4 Å². The molecule has 1 aromatic heterocycles. The predicted octanol–water partition coefficient (Wildman–Crippen LogP) is 3.39. The van der Waals surface area contributed by atoms with Crippen LogP contribution in [0, 0.1) is 0 Å². The highest BCUT2D eigenvalue weighted by atomic mass is 16.5. The van der Waals surface area contributed by atoms with Crippen molar-refractivity contribution in [3.8, 4) is 17.0 Å². The van der Waals surface area contributed by atoms with Gasteiger partial charge in [-0.25, -0.2) is 0 Å². The number of Topliss-reactive ketones (excluding diaryl/α,β-unsaturated/α-hetero) is 1. The molecule has 4 heteroatoms. The summed E-state index contributed by atoms with van der Waals surface area (Å²) in [5.74, 6) is 0.902. The lowest BCUT2D eigenvalue weighted by Crippen LogP contribution is -2.23. The van der Waals surface area contributed by atoms with Crippen molar-refractivity contribution in [2.24, 2.45) is 0 Å². The van der Waals surface area contributed by atoms with Crippen LogP contribution in [0.3, 0.4) is 0 Å². The number of nitrogens with one attached hydrogen (secondary N) is 1. The van der Waals surface area contributed by atoms with Gasteiger partial charge in [-0.15, -0.1) is 0 Å². The molecule has 0 bridgehead atoms. The van der Waals surface area contributed by atoms with Gasteiger partial charge >= 0.3 is 0 Å². The summed E-state index contributed by atoms with van der Waals surface area (Å²) in [6.07, 6.45) is 1.88. The van der Waals surface area contributed by atoms with E-state index in [1.54, 1.807) is 20.2 Å². The fourth-order valence-electron chi connectivity index (χ4n) is 2.35. The smallest absolute Gasteiger partial charge is 0.151 e. The molecule has 0 amide bonds. The molecule has 1 aromatic carbocycles. The van der Waals surface area contributed by atoms with Crippen molar-refractivity contribution in [1.29, 1.82) is 0 Å². The molecule has 1 heterocycles. The SMILES string of the molecule is CNC(C(C)=O)c1ccc(-c2cccc(OC(C)C)c2)nc1. The molecule has 0 radical (unpaired) electrons. The van der Waals surface area contributed by atoms with E-state index in [0.29, 0.717) is 0 Å². The average Bonchev–Trinajstić information content (AvgIpc) is 2.48. The normalized spacial score (nSPS) is 12.2. The quantitative estimate of drug-likeness (QED) is 0.888. The zero-order valence-corrected chi connectivity index (χ0v) is 13.5. The Morgan fingerprint density at radius 3 is 2.55 bits per heavy atom. The molecule has 1 atom stereocenters. The minimum Gasteiger partial charge on any atom is -0.491 e. The number of benzene rings is 1.